The molecule has 0 fully saturated rings. The van der Waals surface area contributed by atoms with E-state index in [9.17, 15) is 14.4 Å². The van der Waals surface area contributed by atoms with Crippen LogP contribution in [0.25, 0.3) is 0 Å². The SMILES string of the molecule is COC(=O)c1ccc(C(=O)OC(N)=O)cc1. The van der Waals surface area contributed by atoms with E-state index >= 15 is 0 Å². The van der Waals surface area contributed by atoms with Gasteiger partial charge in [-0.2, -0.15) is 0 Å². The molecule has 0 aromatic heterocycles. The Kier molecular flexibility index (Phi) is 3.60. The summed E-state index contributed by atoms with van der Waals surface area (Å²) >= 11 is 0. The molecule has 0 aliphatic carbocycles. The monoisotopic (exact) mass is 223 g/mol. The molecule has 0 heterocycles. The Morgan fingerprint density at radius 1 is 1.00 bits per heavy atom. The number of carbonyl (C=O) groups is 3. The van der Waals surface area contributed by atoms with Crippen molar-refractivity contribution in [2.45, 2.75) is 0 Å². The van der Waals surface area contributed by atoms with Crippen LogP contribution < -0.4 is 5.73 Å². The lowest BCUT2D eigenvalue weighted by Gasteiger charge is -2.01. The second kappa shape index (κ2) is 4.92. The Balaban J connectivity index is 2.82. The molecular weight excluding hydrogens is 214 g/mol. The fraction of sp³-hybridized carbons (Fsp3) is 0.100. The second-order valence-electron chi connectivity index (χ2n) is 2.78. The van der Waals surface area contributed by atoms with Crippen molar-refractivity contribution in [1.82, 2.24) is 0 Å². The topological polar surface area (TPSA) is 95.7 Å². The van der Waals surface area contributed by atoms with Crippen LogP contribution in [0.3, 0.4) is 0 Å². The highest BCUT2D eigenvalue weighted by Crippen LogP contribution is 2.07. The first-order valence-electron chi connectivity index (χ1n) is 4.24. The van der Waals surface area contributed by atoms with E-state index in [0.717, 1.165) is 0 Å². The Labute approximate surface area is 90.9 Å². The van der Waals surface area contributed by atoms with Gasteiger partial charge in [0.1, 0.15) is 0 Å². The highest BCUT2D eigenvalue weighted by Gasteiger charge is 2.11. The van der Waals surface area contributed by atoms with Crippen LogP contribution in [0.2, 0.25) is 0 Å². The number of rotatable bonds is 2. The van der Waals surface area contributed by atoms with E-state index in [1.165, 1.54) is 31.4 Å². The van der Waals surface area contributed by atoms with Gasteiger partial charge in [-0.15, -0.1) is 0 Å². The molecule has 1 amide bonds. The number of hydrogen-bond donors (Lipinski definition) is 1. The van der Waals surface area contributed by atoms with Gasteiger partial charge in [0.05, 0.1) is 18.2 Å². The Morgan fingerprint density at radius 2 is 1.44 bits per heavy atom. The maximum absolute atomic E-state index is 11.2. The van der Waals surface area contributed by atoms with Crippen molar-refractivity contribution < 1.29 is 23.9 Å². The van der Waals surface area contributed by atoms with E-state index in [-0.39, 0.29) is 11.1 Å². The zero-order valence-corrected chi connectivity index (χ0v) is 8.43. The summed E-state index contributed by atoms with van der Waals surface area (Å²) in [6, 6.07) is 5.42. The summed E-state index contributed by atoms with van der Waals surface area (Å²) in [4.78, 5) is 32.5. The smallest absolute Gasteiger partial charge is 0.412 e. The predicted octanol–water partition coefficient (Wildman–Crippen LogP) is 0.709. The Morgan fingerprint density at radius 3 is 1.81 bits per heavy atom. The molecule has 1 aromatic rings. The van der Waals surface area contributed by atoms with Crippen molar-refractivity contribution in [3.8, 4) is 0 Å². The molecule has 0 saturated carbocycles. The first-order valence-corrected chi connectivity index (χ1v) is 4.24. The van der Waals surface area contributed by atoms with Crippen LogP contribution in [0.1, 0.15) is 20.7 Å². The average Bonchev–Trinajstić information content (AvgIpc) is 2.27. The Bertz CT molecular complexity index is 423. The van der Waals surface area contributed by atoms with E-state index in [4.69, 9.17) is 0 Å². The summed E-state index contributed by atoms with van der Waals surface area (Å²) < 4.78 is 8.62. The molecule has 0 aliphatic heterocycles. The van der Waals surface area contributed by atoms with Gasteiger partial charge in [-0.05, 0) is 24.3 Å². The molecule has 0 unspecified atom stereocenters. The van der Waals surface area contributed by atoms with Crippen molar-refractivity contribution in [1.29, 1.82) is 0 Å². The van der Waals surface area contributed by atoms with Crippen LogP contribution >= 0.6 is 0 Å². The molecule has 0 spiro atoms. The molecule has 1 aromatic carbocycles. The number of esters is 2. The van der Waals surface area contributed by atoms with Gasteiger partial charge in [0.25, 0.3) is 0 Å². The van der Waals surface area contributed by atoms with Gasteiger partial charge in [-0.3, -0.25) is 0 Å². The standard InChI is InChI=1S/C10H9NO5/c1-15-8(12)6-2-4-7(5-3-6)9(13)16-10(11)14/h2-5H,1H3,(H2,11,14). The third-order valence-corrected chi connectivity index (χ3v) is 1.73. The summed E-state index contributed by atoms with van der Waals surface area (Å²) in [6.07, 6.45) is -1.18. The van der Waals surface area contributed by atoms with Gasteiger partial charge in [0, 0.05) is 0 Å². The van der Waals surface area contributed by atoms with Crippen LogP contribution in [0.4, 0.5) is 4.79 Å². The van der Waals surface area contributed by atoms with Crippen LogP contribution in [0, 0.1) is 0 Å². The quantitative estimate of drug-likeness (QED) is 0.588. The minimum absolute atomic E-state index is 0.117. The average molecular weight is 223 g/mol. The third kappa shape index (κ3) is 2.81. The van der Waals surface area contributed by atoms with Crippen molar-refractivity contribution in [3.63, 3.8) is 0 Å². The highest BCUT2D eigenvalue weighted by molar-refractivity contribution is 5.97. The molecule has 0 atom stereocenters. The van der Waals surface area contributed by atoms with Gasteiger partial charge < -0.3 is 15.2 Å². The molecule has 84 valence electrons. The third-order valence-electron chi connectivity index (χ3n) is 1.73. The highest BCUT2D eigenvalue weighted by atomic mass is 16.6. The molecule has 0 saturated heterocycles. The number of primary amides is 1. The van der Waals surface area contributed by atoms with Gasteiger partial charge in [0.2, 0.25) is 0 Å². The molecular formula is C10H9NO5. The predicted molar refractivity (Wildman–Crippen MR) is 52.8 cm³/mol. The minimum atomic E-state index is -1.18. The number of benzene rings is 1. The number of methoxy groups -OCH3 is 1. The van der Waals surface area contributed by atoms with Crippen molar-refractivity contribution in [3.05, 3.63) is 35.4 Å². The van der Waals surface area contributed by atoms with E-state index < -0.39 is 18.0 Å². The lowest BCUT2D eigenvalue weighted by atomic mass is 10.1. The fourth-order valence-corrected chi connectivity index (χ4v) is 1.01. The van der Waals surface area contributed by atoms with Crippen LogP contribution in [-0.2, 0) is 9.47 Å². The summed E-state index contributed by atoms with van der Waals surface area (Å²) in [5, 5.41) is 0. The van der Waals surface area contributed by atoms with Crippen molar-refractivity contribution in [2.24, 2.45) is 5.73 Å². The van der Waals surface area contributed by atoms with Gasteiger partial charge in [-0.1, -0.05) is 0 Å². The second-order valence-corrected chi connectivity index (χ2v) is 2.78. The molecule has 0 radical (unpaired) electrons. The van der Waals surface area contributed by atoms with Crippen LogP contribution in [-0.4, -0.2) is 25.1 Å². The first-order chi connectivity index (χ1) is 7.54. The molecule has 2 N–H and O–H groups in total. The van der Waals surface area contributed by atoms with E-state index in [2.05, 4.69) is 15.2 Å². The summed E-state index contributed by atoms with van der Waals surface area (Å²) in [5.74, 6) is -1.39. The normalized spacial score (nSPS) is 9.31. The summed E-state index contributed by atoms with van der Waals surface area (Å²) in [6.45, 7) is 0. The van der Waals surface area contributed by atoms with Crippen molar-refractivity contribution >= 4 is 18.0 Å². The molecule has 1 rings (SSSR count). The molecule has 16 heavy (non-hydrogen) atoms. The largest absolute Gasteiger partial charge is 0.465 e. The van der Waals surface area contributed by atoms with Crippen LogP contribution in [0.15, 0.2) is 24.3 Å². The molecule has 6 nitrogen and oxygen atoms in total. The maximum atomic E-state index is 11.2. The summed E-state index contributed by atoms with van der Waals surface area (Å²) in [5.41, 5.74) is 5.08. The van der Waals surface area contributed by atoms with E-state index in [0.29, 0.717) is 0 Å². The zero-order chi connectivity index (χ0) is 12.1. The van der Waals surface area contributed by atoms with Gasteiger partial charge in [-0.25, -0.2) is 14.4 Å². The van der Waals surface area contributed by atoms with E-state index in [1.54, 1.807) is 0 Å². The molecule has 6 heteroatoms. The minimum Gasteiger partial charge on any atom is -0.465 e. The lowest BCUT2D eigenvalue weighted by molar-refractivity contribution is 0.0595. The van der Waals surface area contributed by atoms with Gasteiger partial charge >= 0.3 is 18.0 Å². The van der Waals surface area contributed by atoms with Crippen LogP contribution in [0.5, 0.6) is 0 Å². The maximum Gasteiger partial charge on any atom is 0.412 e. The fourth-order valence-electron chi connectivity index (χ4n) is 1.01. The van der Waals surface area contributed by atoms with Crippen molar-refractivity contribution in [2.75, 3.05) is 7.11 Å². The van der Waals surface area contributed by atoms with Gasteiger partial charge in [0.15, 0.2) is 0 Å². The molecule has 0 bridgehead atoms. The number of amides is 1. The lowest BCUT2D eigenvalue weighted by Crippen LogP contribution is -2.18. The number of nitrogens with two attached hydrogens (primary N) is 1. The zero-order valence-electron chi connectivity index (χ0n) is 8.43. The number of ether oxygens (including phenoxy) is 2. The summed E-state index contributed by atoms with van der Waals surface area (Å²) in [7, 11) is 1.25. The first kappa shape index (κ1) is 11.7. The number of carbonyl (C=O) groups excluding carboxylic acids is 3. The molecule has 0 aliphatic rings. The Hall–Kier alpha value is -2.37. The van der Waals surface area contributed by atoms with E-state index in [1.807, 2.05) is 0 Å². The number of hydrogen-bond acceptors (Lipinski definition) is 5.